The first kappa shape index (κ1) is 41.3. The first-order valence-corrected chi connectivity index (χ1v) is 32.5. The van der Waals surface area contributed by atoms with Gasteiger partial charge in [0.1, 0.15) is 0 Å². The maximum Gasteiger partial charge on any atom is 0.252 e. The Morgan fingerprint density at radius 1 is 0.309 bits per heavy atom. The van der Waals surface area contributed by atoms with Crippen LogP contribution in [0.4, 0.5) is 34.1 Å². The standard InChI is InChI=1S/C92H61BN4/c1-5-27-60(28-6-1)71-43-25-44-72(61-29-7-2-8-30-61)91(71)96-85-58-67(94-81-47-21-17-39-75(81)76-40-18-22-48-82(76)94)51-53-79(85)93-80-54-52-68(95-83-49-23-19-41-77(83)78-42-20-24-50-84(78)95)59-86(80)97(92-73(62-31-9-3-10-32-62)45-26-46-74(92)63-33-11-4-12-34-63)88-57-66(56-87(96)90(88)93)89-69-37-15-13-35-64(69)55-65-36-14-16-38-70(65)89/h1-54,56-59,89H,55H2/i17D,18D,19D,20D,21D,22D,23D,24D,39D,40D,41D,42D,47D,48D,49D,50D. The topological polar surface area (TPSA) is 16.3 Å². The predicted molar refractivity (Wildman–Crippen MR) is 408 cm³/mol. The van der Waals surface area contributed by atoms with Crippen LogP contribution in [0.5, 0.6) is 0 Å². The number of hydrogen-bond donors (Lipinski definition) is 0. The van der Waals surface area contributed by atoms with Crippen molar-refractivity contribution in [1.29, 1.82) is 0 Å². The maximum atomic E-state index is 9.85. The molecule has 452 valence electrons. The average molecular weight is 1250 g/mol. The number of fused-ring (bicyclic) bond motifs is 12. The second-order valence-corrected chi connectivity index (χ2v) is 25.0. The number of aromatic nitrogens is 2. The monoisotopic (exact) mass is 1250 g/mol. The van der Waals surface area contributed by atoms with E-state index in [0.29, 0.717) is 29.2 Å². The van der Waals surface area contributed by atoms with Gasteiger partial charge in [0.25, 0.3) is 6.71 Å². The lowest BCUT2D eigenvalue weighted by Crippen LogP contribution is -2.61. The van der Waals surface area contributed by atoms with Crippen LogP contribution in [0.3, 0.4) is 0 Å². The number of rotatable bonds is 9. The number of para-hydroxylation sites is 6. The maximum absolute atomic E-state index is 9.85. The van der Waals surface area contributed by atoms with Gasteiger partial charge in [0.15, 0.2) is 0 Å². The van der Waals surface area contributed by atoms with Gasteiger partial charge in [-0.2, -0.15) is 0 Å². The fraction of sp³-hybridized carbons (Fsp3) is 0.0217. The first-order valence-electron chi connectivity index (χ1n) is 40.5. The van der Waals surface area contributed by atoms with Gasteiger partial charge in [-0.05, 0) is 133 Å². The normalized spacial score (nSPS) is 15.3. The van der Waals surface area contributed by atoms with E-state index in [0.717, 1.165) is 111 Å². The van der Waals surface area contributed by atoms with E-state index in [1.807, 2.05) is 109 Å². The van der Waals surface area contributed by atoms with Crippen molar-refractivity contribution in [3.05, 3.63) is 379 Å². The average Bonchev–Trinajstić information content (AvgIpc) is 1.30. The second kappa shape index (κ2) is 22.1. The predicted octanol–water partition coefficient (Wildman–Crippen LogP) is 21.7. The van der Waals surface area contributed by atoms with E-state index in [4.69, 9.17) is 5.48 Å². The Morgan fingerprint density at radius 2 is 0.639 bits per heavy atom. The van der Waals surface area contributed by atoms with Crippen molar-refractivity contribution in [2.24, 2.45) is 0 Å². The summed E-state index contributed by atoms with van der Waals surface area (Å²) in [5, 5.41) is -0.284. The SMILES string of the molecule is [2H]c1c([2H])c([2H])c2c(c1[2H])c1c([2H])c([2H])c([2H])c([2H])c1n2-c1ccc2c(c1)N(c1c(-c3ccccc3)cccc1-c1ccccc1)c1cc(C3c4ccccc4Cc4ccccc43)cc3c1B2c1ccc(-n2c4c([2H])c([2H])c([2H])c([2H])c4c4c([2H])c([2H])c([2H])c([2H])c42)cc1N3c1c(-c2ccccc2)cccc1-c1ccccc1. The Labute approximate surface area is 586 Å². The van der Waals surface area contributed by atoms with E-state index in [2.05, 4.69) is 155 Å². The van der Waals surface area contributed by atoms with Crippen LogP contribution in [-0.2, 0) is 6.42 Å². The summed E-state index contributed by atoms with van der Waals surface area (Å²) in [4.78, 5) is 4.66. The van der Waals surface area contributed by atoms with Crippen LogP contribution >= 0.6 is 0 Å². The van der Waals surface area contributed by atoms with Crippen LogP contribution < -0.4 is 26.2 Å². The number of nitrogens with zero attached hydrogens (tertiary/aromatic N) is 4. The van der Waals surface area contributed by atoms with Gasteiger partial charge in [0.05, 0.1) is 55.4 Å². The smallest absolute Gasteiger partial charge is 0.252 e. The van der Waals surface area contributed by atoms with Crippen LogP contribution in [-0.4, -0.2) is 15.8 Å². The molecule has 20 rings (SSSR count). The molecule has 0 saturated heterocycles. The van der Waals surface area contributed by atoms with Crippen LogP contribution in [0.2, 0.25) is 0 Å². The van der Waals surface area contributed by atoms with Crippen LogP contribution in [0, 0.1) is 0 Å². The van der Waals surface area contributed by atoms with E-state index in [1.54, 1.807) is 9.13 Å². The molecule has 0 amide bonds. The van der Waals surface area contributed by atoms with E-state index >= 15 is 0 Å². The van der Waals surface area contributed by atoms with Crippen LogP contribution in [0.1, 0.15) is 55.7 Å². The van der Waals surface area contributed by atoms with Crippen molar-refractivity contribution in [3.63, 3.8) is 0 Å². The summed E-state index contributed by atoms with van der Waals surface area (Å²) in [6, 6.07) is 78.7. The summed E-state index contributed by atoms with van der Waals surface area (Å²) < 4.78 is 154. The second-order valence-electron chi connectivity index (χ2n) is 25.0. The molecule has 4 nitrogen and oxygen atoms in total. The fourth-order valence-corrected chi connectivity index (χ4v) is 15.9. The minimum atomic E-state index is -0.769. The molecule has 17 aromatic rings. The quantitative estimate of drug-likeness (QED) is 0.134. The molecule has 2 aromatic heterocycles. The lowest BCUT2D eigenvalue weighted by Gasteiger charge is -2.46. The third-order valence-corrected chi connectivity index (χ3v) is 19.9. The zero-order valence-corrected chi connectivity index (χ0v) is 51.9. The lowest BCUT2D eigenvalue weighted by atomic mass is 9.33. The lowest BCUT2D eigenvalue weighted by molar-refractivity contribution is 0.885. The fourth-order valence-electron chi connectivity index (χ4n) is 15.9. The van der Waals surface area contributed by atoms with Crippen molar-refractivity contribution >= 4 is 101 Å². The molecule has 0 saturated carbocycles. The van der Waals surface area contributed by atoms with E-state index in [1.165, 1.54) is 0 Å². The Balaban J connectivity index is 1.01. The molecule has 1 aliphatic carbocycles. The van der Waals surface area contributed by atoms with Crippen molar-refractivity contribution in [3.8, 4) is 55.9 Å². The van der Waals surface area contributed by atoms with Crippen molar-refractivity contribution < 1.29 is 21.9 Å². The molecule has 4 heterocycles. The summed E-state index contributed by atoms with van der Waals surface area (Å²) in [6.07, 6.45) is 0.673. The Kier molecular flexibility index (Phi) is 9.41. The molecule has 0 unspecified atom stereocenters. The molecule has 0 N–H and O–H groups in total. The molecule has 0 fully saturated rings. The highest BCUT2D eigenvalue weighted by Crippen LogP contribution is 2.55. The molecule has 0 bridgehead atoms. The van der Waals surface area contributed by atoms with Crippen LogP contribution in [0.25, 0.3) is 99.5 Å². The number of anilines is 6. The number of benzene rings is 15. The van der Waals surface area contributed by atoms with Crippen molar-refractivity contribution in [1.82, 2.24) is 9.13 Å². The molecular formula is C92H61BN4. The zero-order chi connectivity index (χ0) is 77.6. The van der Waals surface area contributed by atoms with Gasteiger partial charge < -0.3 is 18.9 Å². The molecule has 2 aliphatic heterocycles. The minimum Gasteiger partial charge on any atom is -0.310 e. The highest BCUT2D eigenvalue weighted by molar-refractivity contribution is 7.00. The number of hydrogen-bond acceptors (Lipinski definition) is 2. The van der Waals surface area contributed by atoms with Gasteiger partial charge in [-0.1, -0.05) is 291 Å². The first-order chi connectivity index (χ1) is 54.8. The molecule has 0 atom stereocenters. The highest BCUT2D eigenvalue weighted by atomic mass is 15.2. The minimum absolute atomic E-state index is 0.0492. The van der Waals surface area contributed by atoms with Gasteiger partial charge in [0.2, 0.25) is 0 Å². The van der Waals surface area contributed by atoms with Gasteiger partial charge in [0, 0.05) is 83.8 Å². The third-order valence-electron chi connectivity index (χ3n) is 19.9. The van der Waals surface area contributed by atoms with Gasteiger partial charge in [-0.25, -0.2) is 0 Å². The summed E-state index contributed by atoms with van der Waals surface area (Å²) in [7, 11) is 0. The van der Waals surface area contributed by atoms with Crippen molar-refractivity contribution in [2.45, 2.75) is 12.3 Å². The highest BCUT2D eigenvalue weighted by Gasteiger charge is 2.46. The van der Waals surface area contributed by atoms with Gasteiger partial charge in [-0.15, -0.1) is 0 Å². The summed E-state index contributed by atoms with van der Waals surface area (Å²) in [5.74, 6) is -0.427. The Morgan fingerprint density at radius 3 is 1.00 bits per heavy atom. The molecule has 97 heavy (non-hydrogen) atoms. The molecule has 5 heteroatoms. The van der Waals surface area contributed by atoms with E-state index in [-0.39, 0.29) is 43.6 Å². The van der Waals surface area contributed by atoms with Gasteiger partial charge in [-0.3, -0.25) is 0 Å². The summed E-state index contributed by atoms with van der Waals surface area (Å²) in [6.45, 7) is -0.769. The van der Waals surface area contributed by atoms with Crippen molar-refractivity contribution in [2.75, 3.05) is 9.80 Å². The van der Waals surface area contributed by atoms with Gasteiger partial charge >= 0.3 is 0 Å². The molecule has 3 aliphatic rings. The third kappa shape index (κ3) is 8.51. The van der Waals surface area contributed by atoms with E-state index in [9.17, 15) is 16.4 Å². The largest absolute Gasteiger partial charge is 0.310 e. The Hall–Kier alpha value is -12.4. The zero-order valence-electron chi connectivity index (χ0n) is 67.9. The molecular weight excluding hydrogens is 1170 g/mol. The molecule has 15 aromatic carbocycles. The summed E-state index contributed by atoms with van der Waals surface area (Å²) in [5.41, 5.74) is 19.3. The molecule has 0 radical (unpaired) electrons. The Bertz CT molecular complexity index is 6330. The van der Waals surface area contributed by atoms with E-state index < -0.39 is 109 Å². The molecule has 0 spiro atoms. The summed E-state index contributed by atoms with van der Waals surface area (Å²) >= 11 is 0. The van der Waals surface area contributed by atoms with Crippen LogP contribution in [0.15, 0.2) is 351 Å².